The summed E-state index contributed by atoms with van der Waals surface area (Å²) in [5.41, 5.74) is -55.2. The van der Waals surface area contributed by atoms with Crippen molar-refractivity contribution in [2.45, 2.75) is 84.4 Å². The van der Waals surface area contributed by atoms with E-state index < -0.39 is 311 Å². The van der Waals surface area contributed by atoms with Crippen LogP contribution in [0.3, 0.4) is 0 Å². The number of allylic oxidation sites excluding steroid dienone is 4. The Morgan fingerprint density at radius 1 is 0.213 bits per heavy atom. The van der Waals surface area contributed by atoms with E-state index in [1.54, 1.807) is 0 Å². The first-order chi connectivity index (χ1) is 56.7. The number of carbonyl (C=O) groups is 9. The zero-order chi connectivity index (χ0) is 101. The maximum atomic E-state index is 15.0. The van der Waals surface area contributed by atoms with Gasteiger partial charge in [0.25, 0.3) is 36.5 Å². The number of aliphatic hydroxyl groups is 1. The average molecular weight is 1970 g/mol. The van der Waals surface area contributed by atoms with E-state index in [9.17, 15) is 250 Å². The van der Waals surface area contributed by atoms with Crippen LogP contribution in [0, 0.1) is 16.2 Å². The molecule has 21 nitrogen and oxygen atoms in total. The Balaban J connectivity index is -0.00000191. The number of halogens is 46. The molecule has 728 valence electrons. The first kappa shape index (κ1) is 120. The van der Waals surface area contributed by atoms with Gasteiger partial charge in [0.15, 0.2) is 0 Å². The van der Waals surface area contributed by atoms with Gasteiger partial charge < -0.3 is 57.2 Å². The lowest BCUT2D eigenvalue weighted by atomic mass is 9.79. The van der Waals surface area contributed by atoms with Crippen molar-refractivity contribution >= 4 is 53.7 Å². The number of hydrogen-bond acceptors (Lipinski definition) is 21. The van der Waals surface area contributed by atoms with E-state index in [-0.39, 0.29) is 36.5 Å². The molecule has 0 radical (unpaired) electrons. The fraction of sp³-hybridized carbons (Fsp3) is 0.483. The van der Waals surface area contributed by atoms with Crippen molar-refractivity contribution in [2.75, 3.05) is 79.3 Å². The Kier molecular flexibility index (Phi) is 43.3. The molecule has 0 saturated carbocycles. The second kappa shape index (κ2) is 45.9. The van der Waals surface area contributed by atoms with E-state index in [0.717, 1.165) is 0 Å². The summed E-state index contributed by atoms with van der Waals surface area (Å²) >= 11 is 0. The minimum Gasteiger partial charge on any atom is -0.488 e. The molecule has 0 bridgehead atoms. The zero-order valence-corrected chi connectivity index (χ0v) is 59.8. The van der Waals surface area contributed by atoms with Crippen LogP contribution < -0.4 is 0 Å². The monoisotopic (exact) mass is 1970 g/mol. The third-order valence-corrected chi connectivity index (χ3v) is 13.4. The molecule has 0 heterocycles. The summed E-state index contributed by atoms with van der Waals surface area (Å²) in [5, 5.41) is 9.40. The van der Waals surface area contributed by atoms with Crippen molar-refractivity contribution in [3.05, 3.63) is 134 Å². The minimum absolute atomic E-state index is 0.234. The second-order valence-electron chi connectivity index (χ2n) is 22.9. The lowest BCUT2D eigenvalue weighted by molar-refractivity contribution is -0.368. The van der Waals surface area contributed by atoms with Gasteiger partial charge >= 0.3 is 138 Å². The summed E-state index contributed by atoms with van der Waals surface area (Å²) in [6, 6.07) is 0. The summed E-state index contributed by atoms with van der Waals surface area (Å²) < 4.78 is 658. The lowest BCUT2D eigenvalue weighted by Gasteiger charge is -2.41. The second-order valence-corrected chi connectivity index (χ2v) is 22.9. The molecular weight excluding hydrogens is 1930 g/mol. The molecular formula is C60H40F46O21. The van der Waals surface area contributed by atoms with E-state index in [1.165, 1.54) is 0 Å². The Morgan fingerprint density at radius 2 is 0.339 bits per heavy atom. The highest BCUT2D eigenvalue weighted by Crippen LogP contribution is 2.65. The van der Waals surface area contributed by atoms with E-state index in [0.29, 0.717) is 0 Å². The van der Waals surface area contributed by atoms with Crippen LogP contribution >= 0.6 is 0 Å². The number of carbonyl (C=O) groups excluding carboxylic acids is 9. The van der Waals surface area contributed by atoms with Crippen LogP contribution in [0.15, 0.2) is 134 Å². The van der Waals surface area contributed by atoms with E-state index in [4.69, 9.17) is 0 Å². The number of aliphatic hydroxyl groups excluding tert-OH is 1. The van der Waals surface area contributed by atoms with Crippen LogP contribution in [0.4, 0.5) is 202 Å². The van der Waals surface area contributed by atoms with Gasteiger partial charge in [-0.15, -0.1) is 0 Å². The van der Waals surface area contributed by atoms with Crippen molar-refractivity contribution in [1.82, 2.24) is 0 Å². The van der Waals surface area contributed by atoms with Crippen LogP contribution in [0.2, 0.25) is 0 Å². The highest BCUT2D eigenvalue weighted by molar-refractivity contribution is 5.85. The van der Waals surface area contributed by atoms with Crippen LogP contribution in [0.25, 0.3) is 0 Å². The fourth-order valence-corrected chi connectivity index (χ4v) is 7.66. The molecule has 1 N–H and O–H groups in total. The molecule has 0 amide bonds. The van der Waals surface area contributed by atoms with Gasteiger partial charge in [-0.25, -0.2) is 60.7 Å². The van der Waals surface area contributed by atoms with E-state index in [1.807, 2.05) is 0 Å². The SMILES string of the molecule is C=CC(=O)OCC(COC(=O)C=C)(COC(=O)C=C)COC(=C(C(F)(C(F)(F)F)C(F)(F)F)C(F)(C(F)(F)F)C(F)(F)F)C(F)(F)F.O=C(C=C(F)F)OCC(CO)(COC(=O)C=C(F)F)COC(=O)C=C(F)F.O=C(C=C(F)F)OCC(COC(=O)C=C(F)F)(COC(=O)C=C(F)F)COC(=C(C(F)(C(F)(F)F)C(F)(F)F)C(F)(C(F)(F)F)C(F)(F)F)C(F)(F)F. The molecule has 0 atom stereocenters. The van der Waals surface area contributed by atoms with E-state index in [2.05, 4.69) is 71.8 Å². The van der Waals surface area contributed by atoms with Gasteiger partial charge in [0.1, 0.15) is 83.5 Å². The number of alkyl halides is 34. The van der Waals surface area contributed by atoms with Gasteiger partial charge in [-0.1, -0.05) is 19.7 Å². The zero-order valence-electron chi connectivity index (χ0n) is 59.8. The highest BCUT2D eigenvalue weighted by Gasteiger charge is 2.90. The molecule has 0 aliphatic carbocycles. The number of esters is 9. The molecule has 0 aliphatic rings. The Bertz CT molecular complexity index is 3730. The normalized spacial score (nSPS) is 12.8. The van der Waals surface area contributed by atoms with Gasteiger partial charge in [-0.3, -0.25) is 0 Å². The van der Waals surface area contributed by atoms with Crippen LogP contribution in [-0.2, 0) is 95.3 Å². The van der Waals surface area contributed by atoms with Crippen LogP contribution in [-0.4, -0.2) is 223 Å². The standard InChI is InChI=1S/C23H11F23O7.C23H17F17O7.C14H12F6O7/c24-8(25)1-11(47)50-4-16(5-51-12(48)2-9(26)27,6-52-13(49)3-10(28)29)7-53-15(19(32,33)34)14(17(30,20(35,36)37)21(38,39)40)18(31,22(41,42)43)23(44,45)46;1-4-11(41)44-7-16(8-45-12(42)5-2,9-46-13(43)6-3)10-47-15(19(26,27)28)14(17(24,20(29,30)31)21(32,33)34)18(25,22(35,36)37)23(38,39)40;15-8(16)1-11(22)25-5-14(4-21,6-26-12(23)2-9(17)18)7-27-13(24)3-10(19)20/h1-3H,4-7H2;4-6H,1-3,7-10H2;1-3,21H,4-7H2. The summed E-state index contributed by atoms with van der Waals surface area (Å²) in [6.45, 7) is -13.6. The molecule has 0 rings (SSSR count). The maximum Gasteiger partial charge on any atom is 0.449 e. The molecule has 0 aromatic heterocycles. The number of rotatable bonds is 38. The van der Waals surface area contributed by atoms with E-state index >= 15 is 0 Å². The summed E-state index contributed by atoms with van der Waals surface area (Å²) in [6.07, 6.45) is -101. The third-order valence-electron chi connectivity index (χ3n) is 13.4. The Morgan fingerprint density at radius 3 is 0.449 bits per heavy atom. The summed E-state index contributed by atoms with van der Waals surface area (Å²) in [7, 11) is 0. The van der Waals surface area contributed by atoms with Gasteiger partial charge in [-0.05, 0) is 0 Å². The quantitative estimate of drug-likeness (QED) is 0.0198. The van der Waals surface area contributed by atoms with Gasteiger partial charge in [0, 0.05) is 18.2 Å². The molecule has 0 aliphatic heterocycles. The largest absolute Gasteiger partial charge is 0.488 e. The molecule has 0 saturated heterocycles. The topological polar surface area (TPSA) is 275 Å². The summed E-state index contributed by atoms with van der Waals surface area (Å²) in [5.74, 6) is -27.0. The average Bonchev–Trinajstić information content (AvgIpc) is 0.698. The Labute approximate surface area is 669 Å². The molecule has 0 fully saturated rings. The predicted molar refractivity (Wildman–Crippen MR) is 307 cm³/mol. The lowest BCUT2D eigenvalue weighted by Crippen LogP contribution is -2.66. The molecule has 0 spiro atoms. The van der Waals surface area contributed by atoms with Crippen LogP contribution in [0.1, 0.15) is 0 Å². The van der Waals surface area contributed by atoms with Crippen LogP contribution in [0.5, 0.6) is 0 Å². The van der Waals surface area contributed by atoms with Crippen molar-refractivity contribution in [3.63, 3.8) is 0 Å². The first-order valence-electron chi connectivity index (χ1n) is 30.1. The maximum absolute atomic E-state index is 15.0. The number of hydrogen-bond donors (Lipinski definition) is 1. The smallest absolute Gasteiger partial charge is 0.449 e. The third kappa shape index (κ3) is 35.1. The van der Waals surface area contributed by atoms with Crippen molar-refractivity contribution in [1.29, 1.82) is 0 Å². The van der Waals surface area contributed by atoms with Gasteiger partial charge in [0.2, 0.25) is 11.5 Å². The van der Waals surface area contributed by atoms with Crippen molar-refractivity contribution in [2.24, 2.45) is 16.2 Å². The molecule has 127 heavy (non-hydrogen) atoms. The fourth-order valence-electron chi connectivity index (χ4n) is 7.66. The van der Waals surface area contributed by atoms with Gasteiger partial charge in [0.05, 0.1) is 59.6 Å². The predicted octanol–water partition coefficient (Wildman–Crippen LogP) is 17.0. The van der Waals surface area contributed by atoms with Crippen molar-refractivity contribution < 1.29 is 302 Å². The minimum atomic E-state index is -8.71. The molecule has 0 aromatic rings. The summed E-state index contributed by atoms with van der Waals surface area (Å²) in [4.78, 5) is 102. The Hall–Kier alpha value is -11.3. The molecule has 0 unspecified atom stereocenters. The highest BCUT2D eigenvalue weighted by atomic mass is 19.5. The van der Waals surface area contributed by atoms with Crippen molar-refractivity contribution in [3.8, 4) is 0 Å². The first-order valence-corrected chi connectivity index (χ1v) is 30.1. The number of ether oxygens (including phenoxy) is 11. The molecule has 67 heteroatoms. The molecule has 0 aromatic carbocycles. The van der Waals surface area contributed by atoms with Gasteiger partial charge in [-0.2, -0.15) is 184 Å².